The van der Waals surface area contributed by atoms with Crippen molar-refractivity contribution in [2.24, 2.45) is 0 Å². The van der Waals surface area contributed by atoms with Crippen LogP contribution in [0.15, 0.2) is 24.4 Å². The molecule has 0 amide bonds. The number of aromatic amines is 1. The van der Waals surface area contributed by atoms with Crippen molar-refractivity contribution >= 4 is 0 Å². The second-order valence-electron chi connectivity index (χ2n) is 5.50. The Morgan fingerprint density at radius 3 is 3.05 bits per heavy atom. The summed E-state index contributed by atoms with van der Waals surface area (Å²) in [5.74, 6) is 1.92. The average Bonchev–Trinajstić information content (AvgIpc) is 2.90. The highest BCUT2D eigenvalue weighted by Crippen LogP contribution is 2.46. The van der Waals surface area contributed by atoms with E-state index in [1.54, 1.807) is 0 Å². The van der Waals surface area contributed by atoms with Gasteiger partial charge in [-0.05, 0) is 36.6 Å². The van der Waals surface area contributed by atoms with Crippen LogP contribution in [0.3, 0.4) is 0 Å². The van der Waals surface area contributed by atoms with Crippen LogP contribution in [0.5, 0.6) is 5.75 Å². The maximum absolute atomic E-state index is 9.44. The lowest BCUT2D eigenvalue weighted by atomic mass is 10.1. The smallest absolute Gasteiger partial charge is 0.122 e. The van der Waals surface area contributed by atoms with Crippen LogP contribution in [0.2, 0.25) is 0 Å². The summed E-state index contributed by atoms with van der Waals surface area (Å²) in [5, 5.41) is 9.44. The van der Waals surface area contributed by atoms with E-state index in [1.807, 2.05) is 12.3 Å². The van der Waals surface area contributed by atoms with E-state index >= 15 is 0 Å². The molecule has 1 saturated carbocycles. The molecule has 2 aromatic rings. The predicted octanol–water partition coefficient (Wildman–Crippen LogP) is 2.04. The first kappa shape index (κ1) is 11.1. The fourth-order valence-electron chi connectivity index (χ4n) is 2.71. The number of hydrogen-bond donors (Lipinski definition) is 2. The van der Waals surface area contributed by atoms with Crippen molar-refractivity contribution in [2.75, 3.05) is 13.2 Å². The second kappa shape index (κ2) is 3.84. The Kier molecular flexibility index (Phi) is 2.23. The Bertz CT molecular complexity index is 629. The van der Waals surface area contributed by atoms with Crippen molar-refractivity contribution in [3.05, 3.63) is 35.8 Å². The minimum Gasteiger partial charge on any atom is -0.493 e. The molecule has 1 aromatic carbocycles. The van der Waals surface area contributed by atoms with Crippen LogP contribution < -0.4 is 4.74 Å². The molecule has 0 spiro atoms. The van der Waals surface area contributed by atoms with Gasteiger partial charge in [-0.25, -0.2) is 4.98 Å². The number of imidazole rings is 1. The van der Waals surface area contributed by atoms with E-state index in [2.05, 4.69) is 22.1 Å². The number of benzene rings is 1. The molecule has 98 valence electrons. The first-order chi connectivity index (χ1) is 9.31. The van der Waals surface area contributed by atoms with Gasteiger partial charge in [-0.3, -0.25) is 0 Å². The van der Waals surface area contributed by atoms with E-state index in [-0.39, 0.29) is 12.0 Å². The van der Waals surface area contributed by atoms with E-state index in [4.69, 9.17) is 4.74 Å². The summed E-state index contributed by atoms with van der Waals surface area (Å²) in [6.45, 7) is 0.957. The molecule has 1 fully saturated rings. The number of rotatable bonds is 3. The number of aliphatic hydroxyl groups excluding tert-OH is 1. The van der Waals surface area contributed by atoms with Gasteiger partial charge < -0.3 is 14.8 Å². The minimum absolute atomic E-state index is 0.0991. The minimum atomic E-state index is -0.0991. The number of hydrogen-bond acceptors (Lipinski definition) is 3. The number of H-pyrrole nitrogens is 1. The number of nitrogens with one attached hydrogen (secondary N) is 1. The third kappa shape index (κ3) is 1.67. The zero-order valence-electron chi connectivity index (χ0n) is 10.6. The molecule has 0 radical (unpaired) electrons. The molecule has 19 heavy (non-hydrogen) atoms. The van der Waals surface area contributed by atoms with Crippen LogP contribution in [0.1, 0.15) is 24.2 Å². The van der Waals surface area contributed by atoms with E-state index in [0.717, 1.165) is 48.7 Å². The van der Waals surface area contributed by atoms with Crippen LogP contribution in [-0.2, 0) is 11.8 Å². The van der Waals surface area contributed by atoms with Crippen molar-refractivity contribution in [3.8, 4) is 17.0 Å². The molecule has 2 heterocycles. The quantitative estimate of drug-likeness (QED) is 0.883. The van der Waals surface area contributed by atoms with Gasteiger partial charge in [0, 0.05) is 12.0 Å². The van der Waals surface area contributed by atoms with Crippen molar-refractivity contribution in [2.45, 2.75) is 24.7 Å². The van der Waals surface area contributed by atoms with Gasteiger partial charge in [0.25, 0.3) is 0 Å². The lowest BCUT2D eigenvalue weighted by Gasteiger charge is -2.07. The molecule has 4 nitrogen and oxygen atoms in total. The fraction of sp³-hybridized carbons (Fsp3) is 0.400. The zero-order valence-corrected chi connectivity index (χ0v) is 10.6. The molecule has 1 aromatic heterocycles. The van der Waals surface area contributed by atoms with E-state index in [9.17, 15) is 5.11 Å². The number of fused-ring (bicyclic) bond motifs is 1. The van der Waals surface area contributed by atoms with Crippen molar-refractivity contribution in [3.63, 3.8) is 0 Å². The van der Waals surface area contributed by atoms with Crippen LogP contribution in [0, 0.1) is 0 Å². The Balaban J connectivity index is 1.69. The molecule has 2 aliphatic rings. The number of nitrogens with zero attached hydrogens (tertiary/aromatic N) is 1. The van der Waals surface area contributed by atoms with Crippen molar-refractivity contribution < 1.29 is 9.84 Å². The standard InChI is InChI=1S/C15H16N2O2/c18-9-15(4-5-15)14-16-8-12(17-14)10-1-2-13-11(7-10)3-6-19-13/h1-2,7-8,18H,3-6,9H2,(H,16,17). The monoisotopic (exact) mass is 256 g/mol. The normalized spacial score (nSPS) is 19.0. The molecule has 0 bridgehead atoms. The topological polar surface area (TPSA) is 58.1 Å². The molecule has 4 rings (SSSR count). The number of aromatic nitrogens is 2. The van der Waals surface area contributed by atoms with Gasteiger partial charge in [0.15, 0.2) is 0 Å². The molecule has 0 atom stereocenters. The molecular formula is C15H16N2O2. The summed E-state index contributed by atoms with van der Waals surface area (Å²) >= 11 is 0. The SMILES string of the molecule is OCC1(c2ncc(-c3ccc4c(c3)CCO4)[nH]2)CC1. The van der Waals surface area contributed by atoms with Crippen LogP contribution >= 0.6 is 0 Å². The van der Waals surface area contributed by atoms with Crippen molar-refractivity contribution in [1.29, 1.82) is 0 Å². The zero-order chi connectivity index (χ0) is 12.9. The summed E-state index contributed by atoms with van der Waals surface area (Å²) in [5.41, 5.74) is 3.32. The Hall–Kier alpha value is -1.81. The summed E-state index contributed by atoms with van der Waals surface area (Å²) < 4.78 is 5.52. The lowest BCUT2D eigenvalue weighted by molar-refractivity contribution is 0.250. The Labute approximate surface area is 111 Å². The highest BCUT2D eigenvalue weighted by atomic mass is 16.5. The van der Waals surface area contributed by atoms with E-state index in [0.29, 0.717) is 0 Å². The summed E-state index contributed by atoms with van der Waals surface area (Å²) in [6.07, 6.45) is 4.89. The van der Waals surface area contributed by atoms with Gasteiger partial charge >= 0.3 is 0 Å². The first-order valence-corrected chi connectivity index (χ1v) is 6.73. The molecule has 0 unspecified atom stereocenters. The number of aliphatic hydroxyl groups is 1. The highest BCUT2D eigenvalue weighted by molar-refractivity contribution is 5.62. The van der Waals surface area contributed by atoms with Gasteiger partial charge in [0.05, 0.1) is 30.5 Å². The van der Waals surface area contributed by atoms with Crippen LogP contribution in [-0.4, -0.2) is 28.3 Å². The Morgan fingerprint density at radius 2 is 2.26 bits per heavy atom. The van der Waals surface area contributed by atoms with Gasteiger partial charge in [-0.15, -0.1) is 0 Å². The first-order valence-electron chi connectivity index (χ1n) is 6.73. The molecular weight excluding hydrogens is 240 g/mol. The van der Waals surface area contributed by atoms with E-state index in [1.165, 1.54) is 5.56 Å². The van der Waals surface area contributed by atoms with Gasteiger partial charge in [-0.2, -0.15) is 0 Å². The highest BCUT2D eigenvalue weighted by Gasteiger charge is 2.46. The van der Waals surface area contributed by atoms with Crippen molar-refractivity contribution in [1.82, 2.24) is 9.97 Å². The molecule has 4 heteroatoms. The predicted molar refractivity (Wildman–Crippen MR) is 71.2 cm³/mol. The summed E-state index contributed by atoms with van der Waals surface area (Å²) in [6, 6.07) is 6.25. The summed E-state index contributed by atoms with van der Waals surface area (Å²) in [4.78, 5) is 7.81. The average molecular weight is 256 g/mol. The van der Waals surface area contributed by atoms with Gasteiger partial charge in [0.1, 0.15) is 11.6 Å². The van der Waals surface area contributed by atoms with E-state index < -0.39 is 0 Å². The third-order valence-corrected chi connectivity index (χ3v) is 4.23. The molecule has 1 aliphatic heterocycles. The lowest BCUT2D eigenvalue weighted by Crippen LogP contribution is -2.13. The van der Waals surface area contributed by atoms with Gasteiger partial charge in [0.2, 0.25) is 0 Å². The van der Waals surface area contributed by atoms with Crippen LogP contribution in [0.25, 0.3) is 11.3 Å². The summed E-state index contributed by atoms with van der Waals surface area (Å²) in [7, 11) is 0. The molecule has 2 N–H and O–H groups in total. The Morgan fingerprint density at radius 1 is 1.37 bits per heavy atom. The third-order valence-electron chi connectivity index (χ3n) is 4.23. The maximum Gasteiger partial charge on any atom is 0.122 e. The van der Waals surface area contributed by atoms with Crippen LogP contribution in [0.4, 0.5) is 0 Å². The second-order valence-corrected chi connectivity index (χ2v) is 5.50. The maximum atomic E-state index is 9.44. The molecule has 0 saturated heterocycles. The molecule has 1 aliphatic carbocycles. The fourth-order valence-corrected chi connectivity index (χ4v) is 2.71. The number of ether oxygens (including phenoxy) is 1. The van der Waals surface area contributed by atoms with Gasteiger partial charge in [-0.1, -0.05) is 0 Å². The largest absolute Gasteiger partial charge is 0.493 e.